The Kier molecular flexibility index (Phi) is 4.66. The number of carbonyl (C=O) groups is 1. The van der Waals surface area contributed by atoms with Gasteiger partial charge in [0.05, 0.1) is 7.11 Å². The third-order valence-corrected chi connectivity index (χ3v) is 3.62. The predicted octanol–water partition coefficient (Wildman–Crippen LogP) is 4.70. The van der Waals surface area contributed by atoms with Gasteiger partial charge in [0.25, 0.3) is 0 Å². The van der Waals surface area contributed by atoms with E-state index in [1.54, 1.807) is 30.3 Å². The number of rotatable bonds is 5. The number of aromatic hydroxyl groups is 1. The summed E-state index contributed by atoms with van der Waals surface area (Å²) >= 11 is 0. The first kappa shape index (κ1) is 16.5. The fraction of sp³-hybridized carbons (Fsp3) is 0.0500. The minimum atomic E-state index is -0.314. The SMILES string of the molecule is COc1cc(C(=O)/C=C/c2ccc(-c3ccc(F)cc3)o2)ccc1O. The number of benzene rings is 2. The van der Waals surface area contributed by atoms with Crippen molar-refractivity contribution in [3.05, 3.63) is 77.8 Å². The summed E-state index contributed by atoms with van der Waals surface area (Å²) in [4.78, 5) is 12.2. The number of methoxy groups -OCH3 is 1. The Morgan fingerprint density at radius 3 is 2.60 bits per heavy atom. The van der Waals surface area contributed by atoms with Crippen molar-refractivity contribution in [1.82, 2.24) is 0 Å². The minimum Gasteiger partial charge on any atom is -0.504 e. The molecule has 4 nitrogen and oxygen atoms in total. The number of ketones is 1. The van der Waals surface area contributed by atoms with Crippen molar-refractivity contribution < 1.29 is 23.4 Å². The molecule has 1 N–H and O–H groups in total. The molecule has 0 unspecified atom stereocenters. The molecule has 0 aliphatic carbocycles. The zero-order valence-corrected chi connectivity index (χ0v) is 13.4. The summed E-state index contributed by atoms with van der Waals surface area (Å²) in [6.45, 7) is 0. The van der Waals surface area contributed by atoms with Gasteiger partial charge in [-0.2, -0.15) is 0 Å². The van der Waals surface area contributed by atoms with E-state index in [1.165, 1.54) is 43.5 Å². The second-order valence-corrected chi connectivity index (χ2v) is 5.29. The van der Waals surface area contributed by atoms with Crippen LogP contribution >= 0.6 is 0 Å². The van der Waals surface area contributed by atoms with Crippen LogP contribution in [0, 0.1) is 5.82 Å². The summed E-state index contributed by atoms with van der Waals surface area (Å²) in [6.07, 6.45) is 2.92. The fourth-order valence-corrected chi connectivity index (χ4v) is 2.30. The van der Waals surface area contributed by atoms with Crippen LogP contribution in [0.2, 0.25) is 0 Å². The lowest BCUT2D eigenvalue weighted by Crippen LogP contribution is -1.95. The molecule has 0 saturated heterocycles. The molecule has 2 aromatic carbocycles. The van der Waals surface area contributed by atoms with Gasteiger partial charge < -0.3 is 14.3 Å². The number of furan rings is 1. The summed E-state index contributed by atoms with van der Waals surface area (Å²) in [5.74, 6) is 0.717. The maximum atomic E-state index is 13.0. The van der Waals surface area contributed by atoms with Crippen molar-refractivity contribution >= 4 is 11.9 Å². The number of phenolic OH excluding ortho intramolecular Hbond substituents is 1. The van der Waals surface area contributed by atoms with E-state index in [-0.39, 0.29) is 23.1 Å². The third kappa shape index (κ3) is 3.77. The molecule has 3 rings (SSSR count). The highest BCUT2D eigenvalue weighted by atomic mass is 19.1. The van der Waals surface area contributed by atoms with E-state index in [1.807, 2.05) is 0 Å². The molecular formula is C20H15FO4. The Morgan fingerprint density at radius 2 is 1.88 bits per heavy atom. The van der Waals surface area contributed by atoms with E-state index in [9.17, 15) is 14.3 Å². The Balaban J connectivity index is 1.76. The second kappa shape index (κ2) is 7.05. The topological polar surface area (TPSA) is 59.7 Å². The molecular weight excluding hydrogens is 323 g/mol. The molecule has 0 spiro atoms. The standard InChI is InChI=1S/C20H15FO4/c1-24-20-12-14(4-9-18(20)23)17(22)10-7-16-8-11-19(25-16)13-2-5-15(21)6-3-13/h2-12,23H,1H3/b10-7+. The van der Waals surface area contributed by atoms with Crippen LogP contribution < -0.4 is 4.74 Å². The molecule has 3 aromatic rings. The number of carbonyl (C=O) groups excluding carboxylic acids is 1. The van der Waals surface area contributed by atoms with Crippen molar-refractivity contribution in [1.29, 1.82) is 0 Å². The monoisotopic (exact) mass is 338 g/mol. The zero-order valence-electron chi connectivity index (χ0n) is 13.4. The Hall–Kier alpha value is -3.34. The molecule has 0 radical (unpaired) electrons. The third-order valence-electron chi connectivity index (χ3n) is 3.62. The van der Waals surface area contributed by atoms with Crippen LogP contribution in [0.3, 0.4) is 0 Å². The molecule has 1 heterocycles. The van der Waals surface area contributed by atoms with Crippen LogP contribution in [-0.4, -0.2) is 18.0 Å². The van der Waals surface area contributed by atoms with Gasteiger partial charge in [0.15, 0.2) is 17.3 Å². The highest BCUT2D eigenvalue weighted by Crippen LogP contribution is 2.27. The van der Waals surface area contributed by atoms with Gasteiger partial charge >= 0.3 is 0 Å². The van der Waals surface area contributed by atoms with Gasteiger partial charge in [-0.3, -0.25) is 4.79 Å². The maximum absolute atomic E-state index is 13.0. The van der Waals surface area contributed by atoms with Crippen LogP contribution in [0.25, 0.3) is 17.4 Å². The zero-order chi connectivity index (χ0) is 17.8. The van der Waals surface area contributed by atoms with Gasteiger partial charge in [0.1, 0.15) is 17.3 Å². The number of allylic oxidation sites excluding steroid dienone is 1. The molecule has 0 saturated carbocycles. The Morgan fingerprint density at radius 1 is 1.12 bits per heavy atom. The van der Waals surface area contributed by atoms with Crippen LogP contribution in [0.5, 0.6) is 11.5 Å². The normalized spacial score (nSPS) is 11.0. The number of halogens is 1. The van der Waals surface area contributed by atoms with E-state index in [2.05, 4.69) is 0 Å². The molecule has 0 atom stereocenters. The van der Waals surface area contributed by atoms with Gasteiger partial charge in [-0.15, -0.1) is 0 Å². The maximum Gasteiger partial charge on any atom is 0.186 e. The predicted molar refractivity (Wildman–Crippen MR) is 92.1 cm³/mol. The smallest absolute Gasteiger partial charge is 0.186 e. The van der Waals surface area contributed by atoms with Gasteiger partial charge in [-0.25, -0.2) is 4.39 Å². The average Bonchev–Trinajstić information content (AvgIpc) is 3.09. The summed E-state index contributed by atoms with van der Waals surface area (Å²) in [6, 6.07) is 13.8. The van der Waals surface area contributed by atoms with E-state index in [4.69, 9.17) is 9.15 Å². The molecule has 0 fully saturated rings. The number of hydrogen-bond acceptors (Lipinski definition) is 4. The van der Waals surface area contributed by atoms with Crippen LogP contribution in [-0.2, 0) is 0 Å². The van der Waals surface area contributed by atoms with Crippen molar-refractivity contribution in [2.45, 2.75) is 0 Å². The van der Waals surface area contributed by atoms with Crippen molar-refractivity contribution in [3.63, 3.8) is 0 Å². The molecule has 25 heavy (non-hydrogen) atoms. The summed E-state index contributed by atoms with van der Waals surface area (Å²) in [5, 5.41) is 9.56. The number of ether oxygens (including phenoxy) is 1. The van der Waals surface area contributed by atoms with Crippen LogP contribution in [0.15, 0.2) is 65.1 Å². The van der Waals surface area contributed by atoms with E-state index in [0.29, 0.717) is 17.1 Å². The summed E-state index contributed by atoms with van der Waals surface area (Å²) in [7, 11) is 1.42. The van der Waals surface area contributed by atoms with E-state index < -0.39 is 0 Å². The van der Waals surface area contributed by atoms with Crippen molar-refractivity contribution in [2.24, 2.45) is 0 Å². The van der Waals surface area contributed by atoms with E-state index >= 15 is 0 Å². The molecule has 0 aliphatic rings. The largest absolute Gasteiger partial charge is 0.504 e. The molecule has 0 aliphatic heterocycles. The number of phenols is 1. The van der Waals surface area contributed by atoms with Gasteiger partial charge in [0, 0.05) is 11.1 Å². The van der Waals surface area contributed by atoms with Crippen LogP contribution in [0.1, 0.15) is 16.1 Å². The Labute approximate surface area is 143 Å². The molecule has 0 amide bonds. The Bertz CT molecular complexity index is 923. The first-order valence-corrected chi connectivity index (χ1v) is 7.52. The summed E-state index contributed by atoms with van der Waals surface area (Å²) < 4.78 is 23.6. The number of hydrogen-bond donors (Lipinski definition) is 1. The fourth-order valence-electron chi connectivity index (χ4n) is 2.30. The quantitative estimate of drug-likeness (QED) is 0.541. The first-order chi connectivity index (χ1) is 12.1. The van der Waals surface area contributed by atoms with E-state index in [0.717, 1.165) is 5.56 Å². The lowest BCUT2D eigenvalue weighted by atomic mass is 10.1. The first-order valence-electron chi connectivity index (χ1n) is 7.52. The lowest BCUT2D eigenvalue weighted by Gasteiger charge is -2.04. The van der Waals surface area contributed by atoms with Crippen molar-refractivity contribution in [2.75, 3.05) is 7.11 Å². The minimum absolute atomic E-state index is 0.0296. The van der Waals surface area contributed by atoms with Crippen LogP contribution in [0.4, 0.5) is 4.39 Å². The molecule has 0 bridgehead atoms. The highest BCUT2D eigenvalue weighted by Gasteiger charge is 2.08. The average molecular weight is 338 g/mol. The molecule has 5 heteroatoms. The second-order valence-electron chi connectivity index (χ2n) is 5.29. The molecule has 1 aromatic heterocycles. The highest BCUT2D eigenvalue weighted by molar-refractivity contribution is 6.07. The summed E-state index contributed by atoms with van der Waals surface area (Å²) in [5.41, 5.74) is 1.13. The lowest BCUT2D eigenvalue weighted by molar-refractivity contribution is 0.104. The van der Waals surface area contributed by atoms with Crippen molar-refractivity contribution in [3.8, 4) is 22.8 Å². The molecule has 126 valence electrons. The van der Waals surface area contributed by atoms with Gasteiger partial charge in [-0.05, 0) is 66.7 Å². The van der Waals surface area contributed by atoms with Gasteiger partial charge in [0.2, 0.25) is 0 Å². The van der Waals surface area contributed by atoms with Gasteiger partial charge in [-0.1, -0.05) is 0 Å².